The van der Waals surface area contributed by atoms with Gasteiger partial charge in [0.25, 0.3) is 0 Å². The van der Waals surface area contributed by atoms with Crippen LogP contribution >= 0.6 is 11.6 Å². The maximum absolute atomic E-state index is 14.9. The van der Waals surface area contributed by atoms with Crippen molar-refractivity contribution in [2.24, 2.45) is 11.8 Å². The lowest BCUT2D eigenvalue weighted by Gasteiger charge is -2.37. The van der Waals surface area contributed by atoms with Gasteiger partial charge in [0.1, 0.15) is 5.82 Å². The number of hydrogen-bond acceptors (Lipinski definition) is 5. The number of halogens is 3. The second-order valence-corrected chi connectivity index (χ2v) is 11.6. The molecule has 3 atom stereocenters. The van der Waals surface area contributed by atoms with E-state index in [-0.39, 0.29) is 58.7 Å². The summed E-state index contributed by atoms with van der Waals surface area (Å²) in [5, 5.41) is 2.82. The molecule has 43 heavy (non-hydrogen) atoms. The number of nitrogens with one attached hydrogen (secondary N) is 1. The Hall–Kier alpha value is -4.11. The Morgan fingerprint density at radius 2 is 1.88 bits per heavy atom. The maximum Gasteiger partial charge on any atom is 0.309 e. The van der Waals surface area contributed by atoms with Crippen LogP contribution in [0.25, 0.3) is 16.7 Å². The van der Waals surface area contributed by atoms with Crippen molar-refractivity contribution in [3.8, 4) is 11.1 Å². The first-order valence-corrected chi connectivity index (χ1v) is 14.6. The number of aromatic nitrogens is 1. The zero-order valence-corrected chi connectivity index (χ0v) is 24.9. The van der Waals surface area contributed by atoms with Crippen LogP contribution in [0.2, 0.25) is 5.02 Å². The molecule has 2 aromatic carbocycles. The average Bonchev–Trinajstić information content (AvgIpc) is 2.98. The number of pyridine rings is 1. The lowest BCUT2D eigenvalue weighted by Crippen LogP contribution is -2.41. The molecular weight excluding hydrogens is 576 g/mol. The highest BCUT2D eigenvalue weighted by molar-refractivity contribution is 6.31. The minimum atomic E-state index is -0.887. The molecular formula is C33H32ClF2N3O4. The first-order valence-electron chi connectivity index (χ1n) is 14.2. The number of ether oxygens (including phenoxy) is 1. The molecule has 2 amide bonds. The fraction of sp³-hybridized carbons (Fsp3) is 0.333. The van der Waals surface area contributed by atoms with Crippen molar-refractivity contribution in [1.82, 2.24) is 9.88 Å². The van der Waals surface area contributed by atoms with Crippen LogP contribution in [0.3, 0.4) is 0 Å². The molecule has 5 rings (SSSR count). The first kappa shape index (κ1) is 30.4. The highest BCUT2D eigenvalue weighted by Gasteiger charge is 2.34. The quantitative estimate of drug-likeness (QED) is 0.262. The molecule has 1 unspecified atom stereocenters. The van der Waals surface area contributed by atoms with E-state index in [0.29, 0.717) is 36.2 Å². The standard InChI is InChI=1S/C33H32ClF2N3O4/c1-18-5-4-6-28(39-17-19(2)23(16-29(39)40)31-25(35)10-9-24(34)32(31)36)27-15-21(11-12-37-27)22-8-7-20(14-30(41)43-3)13-26(22)38-33(18)42/h7-13,15-16,18-19,28H,4-6,14,17H2,1-3H3,(H,38,42)/t18-,19?,28+/m1/s1. The van der Waals surface area contributed by atoms with Crippen LogP contribution in [0.4, 0.5) is 14.5 Å². The summed E-state index contributed by atoms with van der Waals surface area (Å²) in [5.41, 5.74) is 3.42. The van der Waals surface area contributed by atoms with E-state index in [2.05, 4.69) is 10.3 Å². The van der Waals surface area contributed by atoms with Gasteiger partial charge in [-0.1, -0.05) is 44.0 Å². The van der Waals surface area contributed by atoms with E-state index in [1.807, 2.05) is 38.1 Å². The number of benzene rings is 2. The number of nitrogens with zero attached hydrogens (tertiary/aromatic N) is 2. The molecule has 1 aromatic heterocycles. The summed E-state index contributed by atoms with van der Waals surface area (Å²) in [4.78, 5) is 45.0. The van der Waals surface area contributed by atoms with Gasteiger partial charge in [0.15, 0.2) is 5.82 Å². The van der Waals surface area contributed by atoms with Crippen molar-refractivity contribution in [2.75, 3.05) is 19.0 Å². The van der Waals surface area contributed by atoms with Gasteiger partial charge < -0.3 is 15.0 Å². The number of amides is 2. The lowest BCUT2D eigenvalue weighted by molar-refractivity contribution is -0.139. The van der Waals surface area contributed by atoms with Crippen LogP contribution in [-0.2, 0) is 25.5 Å². The van der Waals surface area contributed by atoms with E-state index in [1.165, 1.54) is 13.2 Å². The Kier molecular flexibility index (Phi) is 8.92. The monoisotopic (exact) mass is 607 g/mol. The highest BCUT2D eigenvalue weighted by atomic mass is 35.5. The Bertz CT molecular complexity index is 1630. The van der Waals surface area contributed by atoms with Gasteiger partial charge in [-0.15, -0.1) is 0 Å². The van der Waals surface area contributed by atoms with Crippen LogP contribution < -0.4 is 5.32 Å². The molecule has 224 valence electrons. The Morgan fingerprint density at radius 3 is 2.65 bits per heavy atom. The minimum Gasteiger partial charge on any atom is -0.469 e. The van der Waals surface area contributed by atoms with Crippen molar-refractivity contribution in [3.63, 3.8) is 0 Å². The average molecular weight is 608 g/mol. The predicted octanol–water partition coefficient (Wildman–Crippen LogP) is 6.76. The molecule has 3 heterocycles. The molecule has 3 aromatic rings. The second kappa shape index (κ2) is 12.6. The van der Waals surface area contributed by atoms with Gasteiger partial charge >= 0.3 is 5.97 Å². The lowest BCUT2D eigenvalue weighted by atomic mass is 9.87. The fourth-order valence-electron chi connectivity index (χ4n) is 5.79. The van der Waals surface area contributed by atoms with E-state index in [9.17, 15) is 23.2 Å². The molecule has 0 saturated heterocycles. The number of hydrogen-bond donors (Lipinski definition) is 1. The third kappa shape index (κ3) is 6.32. The van der Waals surface area contributed by atoms with Gasteiger partial charge in [0.2, 0.25) is 11.8 Å². The van der Waals surface area contributed by atoms with E-state index in [4.69, 9.17) is 16.3 Å². The van der Waals surface area contributed by atoms with Gasteiger partial charge in [-0.3, -0.25) is 19.4 Å². The number of methoxy groups -OCH3 is 1. The van der Waals surface area contributed by atoms with Crippen molar-refractivity contribution in [2.45, 2.75) is 45.6 Å². The van der Waals surface area contributed by atoms with Crippen LogP contribution in [0.1, 0.15) is 56.0 Å². The molecule has 2 bridgehead atoms. The molecule has 0 aliphatic carbocycles. The van der Waals surface area contributed by atoms with Crippen LogP contribution in [0, 0.1) is 23.5 Å². The molecule has 10 heteroatoms. The first-order chi connectivity index (χ1) is 20.6. The molecule has 0 radical (unpaired) electrons. The Balaban J connectivity index is 1.55. The van der Waals surface area contributed by atoms with Crippen molar-refractivity contribution in [3.05, 3.63) is 88.2 Å². The van der Waals surface area contributed by atoms with Crippen LogP contribution in [-0.4, -0.2) is 41.3 Å². The normalized spacial score (nSPS) is 20.7. The smallest absolute Gasteiger partial charge is 0.309 e. The second-order valence-electron chi connectivity index (χ2n) is 11.1. The maximum atomic E-state index is 14.9. The molecule has 7 nitrogen and oxygen atoms in total. The zero-order valence-electron chi connectivity index (χ0n) is 24.1. The third-order valence-corrected chi connectivity index (χ3v) is 8.48. The molecule has 1 N–H and O–H groups in total. The van der Waals surface area contributed by atoms with E-state index < -0.39 is 17.7 Å². The van der Waals surface area contributed by atoms with E-state index in [1.54, 1.807) is 17.2 Å². The summed E-state index contributed by atoms with van der Waals surface area (Å²) in [6.07, 6.45) is 4.76. The van der Waals surface area contributed by atoms with Gasteiger partial charge in [0.05, 0.1) is 35.9 Å². The summed E-state index contributed by atoms with van der Waals surface area (Å²) in [6, 6.07) is 11.0. The van der Waals surface area contributed by atoms with Crippen LogP contribution in [0.5, 0.6) is 0 Å². The molecule has 0 fully saturated rings. The highest BCUT2D eigenvalue weighted by Crippen LogP contribution is 2.39. The summed E-state index contributed by atoms with van der Waals surface area (Å²) in [7, 11) is 1.33. The number of esters is 1. The topological polar surface area (TPSA) is 88.6 Å². The Morgan fingerprint density at radius 1 is 1.09 bits per heavy atom. The number of rotatable bonds is 4. The van der Waals surface area contributed by atoms with Gasteiger partial charge in [-0.05, 0) is 65.8 Å². The number of anilines is 1. The summed E-state index contributed by atoms with van der Waals surface area (Å²) >= 11 is 5.94. The SMILES string of the molecule is COC(=O)Cc1ccc2c(c1)NC(=O)[C@H](C)CCC[C@H](N1CC(C)C(c3c(F)ccc(Cl)c3F)=CC1=O)c1cc-2ccn1. The third-order valence-electron chi connectivity index (χ3n) is 8.19. The van der Waals surface area contributed by atoms with Crippen molar-refractivity contribution < 1.29 is 27.9 Å². The van der Waals surface area contributed by atoms with E-state index >= 15 is 0 Å². The van der Waals surface area contributed by atoms with Gasteiger partial charge in [-0.2, -0.15) is 0 Å². The van der Waals surface area contributed by atoms with Crippen molar-refractivity contribution in [1.29, 1.82) is 0 Å². The largest absolute Gasteiger partial charge is 0.469 e. The number of fused-ring (bicyclic) bond motifs is 4. The van der Waals surface area contributed by atoms with Crippen LogP contribution in [0.15, 0.2) is 54.7 Å². The summed E-state index contributed by atoms with van der Waals surface area (Å²) in [5.74, 6) is -3.29. The van der Waals surface area contributed by atoms with Crippen molar-refractivity contribution >= 4 is 40.6 Å². The molecule has 0 saturated carbocycles. The van der Waals surface area contributed by atoms with E-state index in [0.717, 1.165) is 23.3 Å². The van der Waals surface area contributed by atoms with Gasteiger partial charge in [0, 0.05) is 36.0 Å². The number of carbonyl (C=O) groups excluding carboxylic acids is 3. The number of carbonyl (C=O) groups is 3. The predicted molar refractivity (Wildman–Crippen MR) is 160 cm³/mol. The summed E-state index contributed by atoms with van der Waals surface area (Å²) < 4.78 is 34.4. The Labute approximate surface area is 253 Å². The summed E-state index contributed by atoms with van der Waals surface area (Å²) in [6.45, 7) is 3.89. The zero-order chi connectivity index (χ0) is 30.8. The fourth-order valence-corrected chi connectivity index (χ4v) is 5.95. The minimum absolute atomic E-state index is 0.0621. The molecule has 2 aliphatic rings. The molecule has 0 spiro atoms. The van der Waals surface area contributed by atoms with Gasteiger partial charge in [-0.25, -0.2) is 8.78 Å². The molecule has 2 aliphatic heterocycles.